The molecular weight excluding hydrogens is 352 g/mol. The van der Waals surface area contributed by atoms with Gasteiger partial charge in [-0.1, -0.05) is 11.6 Å². The van der Waals surface area contributed by atoms with E-state index in [0.29, 0.717) is 34.9 Å². The molecule has 1 aliphatic heterocycles. The van der Waals surface area contributed by atoms with E-state index in [1.807, 2.05) is 0 Å². The van der Waals surface area contributed by atoms with Crippen LogP contribution in [0.3, 0.4) is 0 Å². The van der Waals surface area contributed by atoms with Gasteiger partial charge in [0.05, 0.1) is 6.54 Å². The normalized spacial score (nSPS) is 14.0. The number of carbonyl (C=O) groups excluding carboxylic acids is 1. The van der Waals surface area contributed by atoms with Crippen LogP contribution in [0.25, 0.3) is 0 Å². The number of fused-ring (bicyclic) bond motifs is 1. The van der Waals surface area contributed by atoms with Gasteiger partial charge in [0.1, 0.15) is 5.15 Å². The Morgan fingerprint density at radius 2 is 2.16 bits per heavy atom. The van der Waals surface area contributed by atoms with E-state index in [2.05, 4.69) is 9.97 Å². The number of rotatable bonds is 5. The molecule has 0 aliphatic carbocycles. The highest BCUT2D eigenvalue weighted by Gasteiger charge is 2.29. The van der Waals surface area contributed by atoms with E-state index >= 15 is 0 Å². The smallest absolute Gasteiger partial charge is 0.278 e. The third-order valence-corrected chi connectivity index (χ3v) is 4.12. The molecule has 2 aromatic heterocycles. The van der Waals surface area contributed by atoms with Crippen molar-refractivity contribution >= 4 is 17.5 Å². The highest BCUT2D eigenvalue weighted by Crippen LogP contribution is 2.29. The van der Waals surface area contributed by atoms with E-state index < -0.39 is 12.5 Å². The predicted molar refractivity (Wildman–Crippen MR) is 87.9 cm³/mol. The Balaban J connectivity index is 1.71. The lowest BCUT2D eigenvalue weighted by Crippen LogP contribution is -2.24. The Morgan fingerprint density at radius 3 is 2.80 bits per heavy atom. The molecule has 0 N–H and O–H groups in total. The van der Waals surface area contributed by atoms with Crippen molar-refractivity contribution in [1.29, 1.82) is 0 Å². The maximum absolute atomic E-state index is 12.9. The molecule has 0 saturated carbocycles. The predicted octanol–water partition coefficient (Wildman–Crippen LogP) is 3.63. The number of halogens is 3. The molecule has 0 fully saturated rings. The summed E-state index contributed by atoms with van der Waals surface area (Å²) in [6, 6.07) is 3.42. The van der Waals surface area contributed by atoms with E-state index in [9.17, 15) is 13.6 Å². The lowest BCUT2D eigenvalue weighted by atomic mass is 10.2. The van der Waals surface area contributed by atoms with Gasteiger partial charge in [-0.05, 0) is 24.6 Å². The number of aromatic nitrogens is 2. The van der Waals surface area contributed by atoms with Gasteiger partial charge in [-0.25, -0.2) is 18.7 Å². The minimum absolute atomic E-state index is 0.122. The summed E-state index contributed by atoms with van der Waals surface area (Å²) in [5.41, 5.74) is 2.67. The summed E-state index contributed by atoms with van der Waals surface area (Å²) in [4.78, 5) is 22.1. The van der Waals surface area contributed by atoms with Crippen molar-refractivity contribution in [2.75, 3.05) is 6.61 Å². The molecule has 1 amide bonds. The summed E-state index contributed by atoms with van der Waals surface area (Å²) < 4.78 is 30.8. The minimum atomic E-state index is -2.92. The van der Waals surface area contributed by atoms with Gasteiger partial charge in [0.15, 0.2) is 6.61 Å². The molecule has 0 saturated heterocycles. The van der Waals surface area contributed by atoms with E-state index in [-0.39, 0.29) is 11.8 Å². The second kappa shape index (κ2) is 6.55. The van der Waals surface area contributed by atoms with E-state index in [4.69, 9.17) is 16.3 Å². The molecule has 0 atom stereocenters. The van der Waals surface area contributed by atoms with Crippen LogP contribution in [0.15, 0.2) is 24.5 Å². The first kappa shape index (κ1) is 17.5. The number of ether oxygens (including phenoxy) is 1. The minimum Gasteiger partial charge on any atom is -0.471 e. The zero-order valence-corrected chi connectivity index (χ0v) is 14.5. The van der Waals surface area contributed by atoms with Crippen LogP contribution in [-0.2, 0) is 13.1 Å². The largest absolute Gasteiger partial charge is 0.471 e. The number of aryl methyl sites for hydroxylation is 1. The molecule has 3 rings (SSSR count). The fourth-order valence-electron chi connectivity index (χ4n) is 2.65. The first-order valence-electron chi connectivity index (χ1n) is 7.63. The maximum Gasteiger partial charge on any atom is 0.278 e. The standard InChI is InChI=1S/C17H16ClF2N3O2/c1-10-5-11(6-22-15(10)25-9-17(2,19)20)7-23-8-13-12(16(23)24)3-4-21-14(13)18/h3-6H,7-9H2,1-2H3. The average Bonchev–Trinajstić information content (AvgIpc) is 2.84. The van der Waals surface area contributed by atoms with Crippen LogP contribution < -0.4 is 4.74 Å². The van der Waals surface area contributed by atoms with Crippen LogP contribution in [0.4, 0.5) is 8.78 Å². The van der Waals surface area contributed by atoms with Gasteiger partial charge in [-0.3, -0.25) is 4.79 Å². The monoisotopic (exact) mass is 367 g/mol. The fourth-order valence-corrected chi connectivity index (χ4v) is 2.87. The number of nitrogens with zero attached hydrogens (tertiary/aromatic N) is 3. The molecule has 0 radical (unpaired) electrons. The molecule has 0 spiro atoms. The average molecular weight is 368 g/mol. The second-order valence-corrected chi connectivity index (χ2v) is 6.47. The lowest BCUT2D eigenvalue weighted by molar-refractivity contribution is -0.0244. The van der Waals surface area contributed by atoms with E-state index in [1.54, 1.807) is 24.0 Å². The molecule has 0 aromatic carbocycles. The van der Waals surface area contributed by atoms with Gasteiger partial charge in [0.2, 0.25) is 5.88 Å². The molecule has 0 unspecified atom stereocenters. The van der Waals surface area contributed by atoms with E-state index in [0.717, 1.165) is 12.5 Å². The summed E-state index contributed by atoms with van der Waals surface area (Å²) in [5, 5.41) is 0.326. The SMILES string of the molecule is Cc1cc(CN2Cc3c(ccnc3Cl)C2=O)cnc1OCC(C)(F)F. The number of pyridine rings is 2. The van der Waals surface area contributed by atoms with Crippen LogP contribution >= 0.6 is 11.6 Å². The molecule has 3 heterocycles. The fraction of sp³-hybridized carbons (Fsp3) is 0.353. The summed E-state index contributed by atoms with van der Waals surface area (Å²) in [6.07, 6.45) is 3.02. The van der Waals surface area contributed by atoms with Crippen molar-refractivity contribution in [3.63, 3.8) is 0 Å². The van der Waals surface area contributed by atoms with Crippen molar-refractivity contribution in [2.24, 2.45) is 0 Å². The summed E-state index contributed by atoms with van der Waals surface area (Å²) >= 11 is 6.04. The highest BCUT2D eigenvalue weighted by molar-refractivity contribution is 6.30. The summed E-state index contributed by atoms with van der Waals surface area (Å²) in [5.74, 6) is -2.88. The van der Waals surface area contributed by atoms with Crippen LogP contribution in [0.5, 0.6) is 5.88 Å². The number of carbonyl (C=O) groups is 1. The van der Waals surface area contributed by atoms with Gasteiger partial charge in [-0.2, -0.15) is 0 Å². The molecular formula is C17H16ClF2N3O2. The van der Waals surface area contributed by atoms with Crippen molar-refractivity contribution < 1.29 is 18.3 Å². The molecule has 132 valence electrons. The first-order valence-corrected chi connectivity index (χ1v) is 8.01. The number of hydrogen-bond acceptors (Lipinski definition) is 4. The topological polar surface area (TPSA) is 55.3 Å². The Bertz CT molecular complexity index is 824. The van der Waals surface area contributed by atoms with Crippen molar-refractivity contribution in [3.05, 3.63) is 51.9 Å². The molecule has 1 aliphatic rings. The van der Waals surface area contributed by atoms with E-state index in [1.165, 1.54) is 12.4 Å². The number of alkyl halides is 2. The maximum atomic E-state index is 12.9. The summed E-state index contributed by atoms with van der Waals surface area (Å²) in [7, 11) is 0. The zero-order chi connectivity index (χ0) is 18.2. The zero-order valence-electron chi connectivity index (χ0n) is 13.7. The van der Waals surface area contributed by atoms with Gasteiger partial charge >= 0.3 is 0 Å². The van der Waals surface area contributed by atoms with Gasteiger partial charge in [-0.15, -0.1) is 0 Å². The van der Waals surface area contributed by atoms with Crippen LogP contribution in [0.2, 0.25) is 5.15 Å². The molecule has 0 bridgehead atoms. The molecule has 2 aromatic rings. The van der Waals surface area contributed by atoms with Crippen LogP contribution in [0.1, 0.15) is 34.0 Å². The first-order chi connectivity index (χ1) is 11.7. The third-order valence-electron chi connectivity index (χ3n) is 3.79. The number of hydrogen-bond donors (Lipinski definition) is 0. The molecule has 25 heavy (non-hydrogen) atoms. The molecule has 8 heteroatoms. The van der Waals surface area contributed by atoms with Gasteiger partial charge in [0.25, 0.3) is 11.8 Å². The van der Waals surface area contributed by atoms with Crippen molar-refractivity contribution in [2.45, 2.75) is 32.9 Å². The second-order valence-electron chi connectivity index (χ2n) is 6.11. The van der Waals surface area contributed by atoms with Crippen LogP contribution in [0, 0.1) is 6.92 Å². The van der Waals surface area contributed by atoms with Crippen molar-refractivity contribution in [3.8, 4) is 5.88 Å². The van der Waals surface area contributed by atoms with Gasteiger partial charge in [0, 0.05) is 42.6 Å². The quantitative estimate of drug-likeness (QED) is 0.757. The van der Waals surface area contributed by atoms with Gasteiger partial charge < -0.3 is 9.64 Å². The summed E-state index contributed by atoms with van der Waals surface area (Å²) in [6.45, 7) is 2.49. The van der Waals surface area contributed by atoms with Crippen LogP contribution in [-0.4, -0.2) is 33.3 Å². The molecule has 5 nitrogen and oxygen atoms in total. The Hall–Kier alpha value is -2.28. The third kappa shape index (κ3) is 3.87. The Kier molecular flexibility index (Phi) is 4.60. The number of amides is 1. The Labute approximate surface area is 148 Å². The Morgan fingerprint density at radius 1 is 1.40 bits per heavy atom. The highest BCUT2D eigenvalue weighted by atomic mass is 35.5. The van der Waals surface area contributed by atoms with Crippen molar-refractivity contribution in [1.82, 2.24) is 14.9 Å². The lowest BCUT2D eigenvalue weighted by Gasteiger charge is -2.17.